The maximum Gasteiger partial charge on any atom is 0.451 e. The number of aliphatic imine (C=N–C) groups is 2. The summed E-state index contributed by atoms with van der Waals surface area (Å²) in [7, 11) is 0. The van der Waals surface area contributed by atoms with E-state index in [9.17, 15) is 13.2 Å². The molecule has 0 aromatic rings. The smallest absolute Gasteiger partial charge is 0.241 e. The van der Waals surface area contributed by atoms with E-state index in [1.165, 1.54) is 0 Å². The van der Waals surface area contributed by atoms with Gasteiger partial charge in [0.05, 0.1) is 0 Å². The molecule has 0 radical (unpaired) electrons. The fourth-order valence-electron chi connectivity index (χ4n) is 0.675. The lowest BCUT2D eigenvalue weighted by molar-refractivity contribution is -0.0596. The molecule has 0 aromatic heterocycles. The minimum absolute atomic E-state index is 0.174. The fourth-order valence-corrected chi connectivity index (χ4v) is 0.675. The van der Waals surface area contributed by atoms with Crippen LogP contribution in [0.4, 0.5) is 13.2 Å². The Labute approximate surface area is 101 Å². The Kier molecular flexibility index (Phi) is 9.61. The van der Waals surface area contributed by atoms with Crippen molar-refractivity contribution in [3.8, 4) is 0 Å². The van der Waals surface area contributed by atoms with Crippen LogP contribution in [0.2, 0.25) is 0 Å². The van der Waals surface area contributed by atoms with Gasteiger partial charge in [-0.1, -0.05) is 40.7 Å². The lowest BCUT2D eigenvalue weighted by Crippen LogP contribution is -2.20. The third kappa shape index (κ3) is 8.65. The largest absolute Gasteiger partial charge is 0.451 e. The summed E-state index contributed by atoms with van der Waals surface area (Å²) in [6, 6.07) is 0. The van der Waals surface area contributed by atoms with Crippen molar-refractivity contribution in [2.24, 2.45) is 21.8 Å². The molecule has 0 amide bonds. The van der Waals surface area contributed by atoms with Gasteiger partial charge < -0.3 is 0 Å². The summed E-state index contributed by atoms with van der Waals surface area (Å²) in [5.74, 6) is -0.676. The van der Waals surface area contributed by atoms with Gasteiger partial charge in [0.15, 0.2) is 0 Å². The van der Waals surface area contributed by atoms with Crippen molar-refractivity contribution in [2.45, 2.75) is 40.8 Å². The Bertz CT molecular complexity index is 265. The van der Waals surface area contributed by atoms with Gasteiger partial charge in [-0.2, -0.15) is 13.2 Å². The van der Waals surface area contributed by atoms with Gasteiger partial charge in [0.25, 0.3) is 0 Å². The van der Waals surface area contributed by atoms with E-state index in [4.69, 9.17) is 0 Å². The van der Waals surface area contributed by atoms with Gasteiger partial charge in [-0.15, -0.1) is 0 Å². The zero-order chi connectivity index (χ0) is 14.1. The molecule has 0 aromatic carbocycles. The highest BCUT2D eigenvalue weighted by atomic mass is 19.4. The maximum atomic E-state index is 12.1. The summed E-state index contributed by atoms with van der Waals surface area (Å²) >= 11 is 0. The summed E-state index contributed by atoms with van der Waals surface area (Å²) in [4.78, 5) is 6.04. The molecule has 0 rings (SSSR count). The zero-order valence-electron chi connectivity index (χ0n) is 11.0. The molecular formula is C12H21F3N2. The van der Waals surface area contributed by atoms with Crippen molar-refractivity contribution in [3.05, 3.63) is 12.3 Å². The Balaban J connectivity index is 0. The standard InChI is InChI=1S/C10H15F3N2.C2H6/c1-7(2)8(3)5-6-15-9(14-4)10(11,12)13;1-2/h5-8H,4H2,1-3H3;1-2H3/b6-5+,15-9?;/t8-;/m1./s1. The first-order chi connectivity index (χ1) is 7.79. The third-order valence-corrected chi connectivity index (χ3v) is 2.04. The highest BCUT2D eigenvalue weighted by Crippen LogP contribution is 2.18. The molecule has 5 heteroatoms. The maximum absolute atomic E-state index is 12.1. The number of halogens is 3. The van der Waals surface area contributed by atoms with Crippen molar-refractivity contribution < 1.29 is 13.2 Å². The lowest BCUT2D eigenvalue weighted by atomic mass is 9.98. The number of allylic oxidation sites excluding steroid dienone is 1. The minimum atomic E-state index is -4.53. The number of hydrogen-bond donors (Lipinski definition) is 0. The highest BCUT2D eigenvalue weighted by molar-refractivity contribution is 5.91. The summed E-state index contributed by atoms with van der Waals surface area (Å²) in [6.45, 7) is 12.7. The van der Waals surface area contributed by atoms with Crippen molar-refractivity contribution >= 4 is 12.6 Å². The molecule has 100 valence electrons. The quantitative estimate of drug-likeness (QED) is 0.521. The van der Waals surface area contributed by atoms with Gasteiger partial charge >= 0.3 is 6.18 Å². The Hall–Kier alpha value is -1.13. The molecule has 17 heavy (non-hydrogen) atoms. The average molecular weight is 250 g/mol. The van der Waals surface area contributed by atoms with E-state index in [2.05, 4.69) is 16.7 Å². The van der Waals surface area contributed by atoms with Crippen LogP contribution < -0.4 is 0 Å². The van der Waals surface area contributed by atoms with Gasteiger partial charge in [0.1, 0.15) is 0 Å². The minimum Gasteiger partial charge on any atom is -0.241 e. The van der Waals surface area contributed by atoms with Crippen molar-refractivity contribution in [3.63, 3.8) is 0 Å². The van der Waals surface area contributed by atoms with E-state index in [1.54, 1.807) is 6.08 Å². The van der Waals surface area contributed by atoms with Crippen LogP contribution in [0.25, 0.3) is 0 Å². The van der Waals surface area contributed by atoms with E-state index in [0.717, 1.165) is 6.20 Å². The zero-order valence-corrected chi connectivity index (χ0v) is 11.0. The molecule has 0 N–H and O–H groups in total. The molecule has 0 aliphatic heterocycles. The number of nitrogens with zero attached hydrogens (tertiary/aromatic N) is 2. The van der Waals surface area contributed by atoms with Crippen molar-refractivity contribution in [1.82, 2.24) is 0 Å². The molecular weight excluding hydrogens is 229 g/mol. The second-order valence-electron chi connectivity index (χ2n) is 3.55. The van der Waals surface area contributed by atoms with Gasteiger partial charge in [-0.3, -0.25) is 0 Å². The molecule has 1 atom stereocenters. The Morgan fingerprint density at radius 2 is 1.65 bits per heavy atom. The van der Waals surface area contributed by atoms with Crippen LogP contribution in [-0.2, 0) is 0 Å². The van der Waals surface area contributed by atoms with Gasteiger partial charge in [-0.25, -0.2) is 9.98 Å². The predicted octanol–water partition coefficient (Wildman–Crippen LogP) is 4.48. The average Bonchev–Trinajstić information content (AvgIpc) is 2.24. The Morgan fingerprint density at radius 3 is 1.94 bits per heavy atom. The summed E-state index contributed by atoms with van der Waals surface area (Å²) in [5, 5.41) is 0. The van der Waals surface area contributed by atoms with Gasteiger partial charge in [0, 0.05) is 6.20 Å². The second-order valence-corrected chi connectivity index (χ2v) is 3.55. The van der Waals surface area contributed by atoms with Crippen molar-refractivity contribution in [2.75, 3.05) is 0 Å². The van der Waals surface area contributed by atoms with Crippen LogP contribution in [0.15, 0.2) is 22.3 Å². The number of hydrogen-bond acceptors (Lipinski definition) is 1. The summed E-state index contributed by atoms with van der Waals surface area (Å²) in [5.41, 5.74) is 0. The number of alkyl halides is 3. The molecule has 0 saturated carbocycles. The van der Waals surface area contributed by atoms with E-state index in [1.807, 2.05) is 34.6 Å². The molecule has 0 spiro atoms. The van der Waals surface area contributed by atoms with Crippen LogP contribution in [0, 0.1) is 11.8 Å². The van der Waals surface area contributed by atoms with E-state index < -0.39 is 12.0 Å². The van der Waals surface area contributed by atoms with Crippen molar-refractivity contribution in [1.29, 1.82) is 0 Å². The summed E-state index contributed by atoms with van der Waals surface area (Å²) < 4.78 is 36.3. The van der Waals surface area contributed by atoms with Crippen LogP contribution in [0.5, 0.6) is 0 Å². The first-order valence-electron chi connectivity index (χ1n) is 5.57. The number of rotatable bonds is 3. The topological polar surface area (TPSA) is 24.7 Å². The molecule has 0 fully saturated rings. The third-order valence-electron chi connectivity index (χ3n) is 2.04. The lowest BCUT2D eigenvalue weighted by Gasteiger charge is -2.08. The monoisotopic (exact) mass is 250 g/mol. The number of amidine groups is 1. The van der Waals surface area contributed by atoms with Crippen LogP contribution in [0.1, 0.15) is 34.6 Å². The summed E-state index contributed by atoms with van der Waals surface area (Å²) in [6.07, 6.45) is -1.79. The second kappa shape index (κ2) is 8.96. The predicted molar refractivity (Wildman–Crippen MR) is 67.5 cm³/mol. The normalized spacial score (nSPS) is 14.5. The molecule has 0 heterocycles. The molecule has 0 saturated heterocycles. The fraction of sp³-hybridized carbons (Fsp3) is 0.667. The SMILES string of the molecule is C=NC(=N/C=C/[C@@H](C)C(C)C)C(F)(F)F.CC. The molecule has 0 unspecified atom stereocenters. The Morgan fingerprint density at radius 1 is 1.18 bits per heavy atom. The van der Waals surface area contributed by atoms with Gasteiger partial charge in [0.2, 0.25) is 5.84 Å². The first-order valence-corrected chi connectivity index (χ1v) is 5.57. The highest BCUT2D eigenvalue weighted by Gasteiger charge is 2.34. The molecule has 0 bridgehead atoms. The van der Waals surface area contributed by atoms with E-state index >= 15 is 0 Å². The molecule has 2 nitrogen and oxygen atoms in total. The first kappa shape index (κ1) is 18.2. The van der Waals surface area contributed by atoms with E-state index in [-0.39, 0.29) is 5.92 Å². The van der Waals surface area contributed by atoms with E-state index in [0.29, 0.717) is 5.92 Å². The molecule has 0 aliphatic carbocycles. The van der Waals surface area contributed by atoms with Crippen LogP contribution >= 0.6 is 0 Å². The molecule has 0 aliphatic rings. The van der Waals surface area contributed by atoms with Crippen LogP contribution in [0.3, 0.4) is 0 Å². The van der Waals surface area contributed by atoms with Crippen LogP contribution in [-0.4, -0.2) is 18.7 Å². The van der Waals surface area contributed by atoms with Gasteiger partial charge in [-0.05, 0) is 18.6 Å².